The van der Waals surface area contributed by atoms with Crippen LogP contribution >= 0.6 is 0 Å². The Hall–Kier alpha value is -1.60. The minimum atomic E-state index is -3.53. The predicted octanol–water partition coefficient (Wildman–Crippen LogP) is 2.04. The van der Waals surface area contributed by atoms with E-state index in [0.29, 0.717) is 25.1 Å². The number of nitrogens with one attached hydrogen (secondary N) is 2. The quantitative estimate of drug-likeness (QED) is 0.648. The van der Waals surface area contributed by atoms with Crippen LogP contribution in [0, 0.1) is 0 Å². The molecule has 6 nitrogen and oxygen atoms in total. The average Bonchev–Trinajstić information content (AvgIpc) is 2.38. The van der Waals surface area contributed by atoms with Gasteiger partial charge in [-0.25, -0.2) is 13.1 Å². The van der Waals surface area contributed by atoms with Crippen LogP contribution in [0.1, 0.15) is 33.1 Å². The van der Waals surface area contributed by atoms with Gasteiger partial charge >= 0.3 is 5.97 Å². The summed E-state index contributed by atoms with van der Waals surface area (Å²) in [5.41, 5.74) is 0.529. The summed E-state index contributed by atoms with van der Waals surface area (Å²) in [7, 11) is -3.53. The van der Waals surface area contributed by atoms with Crippen LogP contribution in [-0.2, 0) is 14.8 Å². The number of sulfonamides is 1. The third-order valence-electron chi connectivity index (χ3n) is 2.94. The Bertz CT molecular complexity index is 572. The van der Waals surface area contributed by atoms with Gasteiger partial charge in [0.1, 0.15) is 4.90 Å². The van der Waals surface area contributed by atoms with Gasteiger partial charge in [0.2, 0.25) is 10.0 Å². The zero-order chi connectivity index (χ0) is 15.9. The van der Waals surface area contributed by atoms with E-state index in [0.717, 1.165) is 0 Å². The fourth-order valence-corrected chi connectivity index (χ4v) is 3.19. The Kier molecular flexibility index (Phi) is 6.64. The van der Waals surface area contributed by atoms with Crippen molar-refractivity contribution in [2.45, 2.75) is 44.0 Å². The molecule has 0 saturated heterocycles. The fraction of sp³-hybridized carbons (Fsp3) is 0.500. The highest BCUT2D eigenvalue weighted by Gasteiger charge is 2.17. The minimum absolute atomic E-state index is 0.0117. The molecule has 0 aliphatic rings. The molecule has 0 aliphatic heterocycles. The zero-order valence-corrected chi connectivity index (χ0v) is 13.1. The molecule has 118 valence electrons. The van der Waals surface area contributed by atoms with Gasteiger partial charge in [0.15, 0.2) is 0 Å². The SMILES string of the molecule is CCNS(=O)(=O)c1ccccc1NC(C)CCCC(=O)O. The first-order valence-corrected chi connectivity index (χ1v) is 8.42. The highest BCUT2D eigenvalue weighted by molar-refractivity contribution is 7.89. The number of aliphatic carboxylic acids is 1. The van der Waals surface area contributed by atoms with Gasteiger partial charge in [0.25, 0.3) is 0 Å². The topological polar surface area (TPSA) is 95.5 Å². The van der Waals surface area contributed by atoms with Crippen LogP contribution in [0.2, 0.25) is 0 Å². The van der Waals surface area contributed by atoms with Gasteiger partial charge in [0, 0.05) is 19.0 Å². The molecule has 0 radical (unpaired) electrons. The largest absolute Gasteiger partial charge is 0.481 e. The summed E-state index contributed by atoms with van der Waals surface area (Å²) in [5, 5.41) is 11.8. The Morgan fingerprint density at radius 3 is 2.62 bits per heavy atom. The van der Waals surface area contributed by atoms with Crippen LogP contribution in [0.15, 0.2) is 29.2 Å². The minimum Gasteiger partial charge on any atom is -0.481 e. The third kappa shape index (κ3) is 5.73. The molecule has 1 unspecified atom stereocenters. The molecule has 0 aromatic heterocycles. The van der Waals surface area contributed by atoms with Gasteiger partial charge in [-0.1, -0.05) is 19.1 Å². The lowest BCUT2D eigenvalue weighted by molar-refractivity contribution is -0.137. The van der Waals surface area contributed by atoms with Gasteiger partial charge in [-0.3, -0.25) is 4.79 Å². The van der Waals surface area contributed by atoms with E-state index in [1.54, 1.807) is 31.2 Å². The van der Waals surface area contributed by atoms with E-state index < -0.39 is 16.0 Å². The monoisotopic (exact) mass is 314 g/mol. The molecule has 3 N–H and O–H groups in total. The maximum atomic E-state index is 12.1. The Balaban J connectivity index is 2.77. The zero-order valence-electron chi connectivity index (χ0n) is 12.3. The summed E-state index contributed by atoms with van der Waals surface area (Å²) in [4.78, 5) is 10.7. The number of carboxylic acids is 1. The predicted molar refractivity (Wildman–Crippen MR) is 81.9 cm³/mol. The molecule has 0 amide bonds. The van der Waals surface area contributed by atoms with Gasteiger partial charge < -0.3 is 10.4 Å². The highest BCUT2D eigenvalue weighted by atomic mass is 32.2. The molecule has 0 spiro atoms. The molecule has 21 heavy (non-hydrogen) atoms. The number of hydrogen-bond donors (Lipinski definition) is 3. The number of para-hydroxylation sites is 1. The van der Waals surface area contributed by atoms with E-state index in [2.05, 4.69) is 10.0 Å². The maximum absolute atomic E-state index is 12.1. The molecule has 1 aromatic rings. The first-order chi connectivity index (χ1) is 9.86. The Morgan fingerprint density at radius 2 is 2.00 bits per heavy atom. The van der Waals surface area contributed by atoms with Crippen LogP contribution in [0.25, 0.3) is 0 Å². The third-order valence-corrected chi connectivity index (χ3v) is 4.54. The van der Waals surface area contributed by atoms with Crippen LogP contribution in [0.3, 0.4) is 0 Å². The van der Waals surface area contributed by atoms with Gasteiger partial charge in [-0.05, 0) is 31.9 Å². The summed E-state index contributed by atoms with van der Waals surface area (Å²) < 4.78 is 26.7. The van der Waals surface area contributed by atoms with Crippen molar-refractivity contribution in [2.75, 3.05) is 11.9 Å². The number of rotatable bonds is 9. The first kappa shape index (κ1) is 17.5. The fourth-order valence-electron chi connectivity index (χ4n) is 1.99. The van der Waals surface area contributed by atoms with Crippen LogP contribution in [0.4, 0.5) is 5.69 Å². The normalized spacial score (nSPS) is 12.9. The van der Waals surface area contributed by atoms with E-state index in [1.807, 2.05) is 6.92 Å². The van der Waals surface area contributed by atoms with Crippen molar-refractivity contribution in [3.63, 3.8) is 0 Å². The molecule has 1 rings (SSSR count). The van der Waals surface area contributed by atoms with E-state index in [9.17, 15) is 13.2 Å². The second-order valence-electron chi connectivity index (χ2n) is 4.83. The van der Waals surface area contributed by atoms with Crippen molar-refractivity contribution in [2.24, 2.45) is 0 Å². The maximum Gasteiger partial charge on any atom is 0.303 e. The molecule has 0 aliphatic carbocycles. The number of carbonyl (C=O) groups is 1. The second kappa shape index (κ2) is 7.99. The van der Waals surface area contributed by atoms with Gasteiger partial charge in [0.05, 0.1) is 5.69 Å². The second-order valence-corrected chi connectivity index (χ2v) is 6.56. The van der Waals surface area contributed by atoms with Crippen molar-refractivity contribution in [3.05, 3.63) is 24.3 Å². The standard InChI is InChI=1S/C14H22N2O4S/c1-3-15-21(19,20)13-9-5-4-8-12(13)16-11(2)7-6-10-14(17)18/h4-5,8-9,11,15-16H,3,6-7,10H2,1-2H3,(H,17,18). The first-order valence-electron chi connectivity index (χ1n) is 6.94. The molecule has 0 heterocycles. The molecule has 1 aromatic carbocycles. The van der Waals surface area contributed by atoms with E-state index >= 15 is 0 Å². The molecule has 1 atom stereocenters. The lowest BCUT2D eigenvalue weighted by atomic mass is 10.1. The van der Waals surface area contributed by atoms with Crippen LogP contribution < -0.4 is 10.0 Å². The van der Waals surface area contributed by atoms with Gasteiger partial charge in [-0.15, -0.1) is 0 Å². The number of anilines is 1. The molecule has 0 fully saturated rings. The van der Waals surface area contributed by atoms with E-state index in [1.165, 1.54) is 0 Å². The molecule has 0 saturated carbocycles. The molecular formula is C14H22N2O4S. The van der Waals surface area contributed by atoms with Crippen molar-refractivity contribution in [1.82, 2.24) is 4.72 Å². The summed E-state index contributed by atoms with van der Waals surface area (Å²) in [6, 6.07) is 6.67. The molecule has 0 bridgehead atoms. The average molecular weight is 314 g/mol. The summed E-state index contributed by atoms with van der Waals surface area (Å²) in [6.45, 7) is 3.95. The van der Waals surface area contributed by atoms with Crippen molar-refractivity contribution >= 4 is 21.7 Å². The van der Waals surface area contributed by atoms with Crippen LogP contribution in [-0.4, -0.2) is 32.1 Å². The van der Waals surface area contributed by atoms with E-state index in [-0.39, 0.29) is 17.4 Å². The lowest BCUT2D eigenvalue weighted by Gasteiger charge is -2.18. The summed E-state index contributed by atoms with van der Waals surface area (Å²) in [6.07, 6.45) is 1.32. The van der Waals surface area contributed by atoms with Crippen LogP contribution in [0.5, 0.6) is 0 Å². The highest BCUT2D eigenvalue weighted by Crippen LogP contribution is 2.22. The summed E-state index contributed by atoms with van der Waals surface area (Å²) >= 11 is 0. The molecule has 7 heteroatoms. The number of hydrogen-bond acceptors (Lipinski definition) is 4. The molecular weight excluding hydrogens is 292 g/mol. The Labute approximate surface area is 125 Å². The van der Waals surface area contributed by atoms with Crippen molar-refractivity contribution in [3.8, 4) is 0 Å². The van der Waals surface area contributed by atoms with Gasteiger partial charge in [-0.2, -0.15) is 0 Å². The van der Waals surface area contributed by atoms with E-state index in [4.69, 9.17) is 5.11 Å². The van der Waals surface area contributed by atoms with Crippen molar-refractivity contribution in [1.29, 1.82) is 0 Å². The lowest BCUT2D eigenvalue weighted by Crippen LogP contribution is -2.25. The van der Waals surface area contributed by atoms with Crippen molar-refractivity contribution < 1.29 is 18.3 Å². The number of carboxylic acid groups (broad SMARTS) is 1. The summed E-state index contributed by atoms with van der Waals surface area (Å²) in [5.74, 6) is -0.822. The Morgan fingerprint density at radius 1 is 1.33 bits per heavy atom. The smallest absolute Gasteiger partial charge is 0.303 e. The number of benzene rings is 1.